The van der Waals surface area contributed by atoms with Gasteiger partial charge in [-0.1, -0.05) is 12.1 Å². The average molecular weight is 403 g/mol. The van der Waals surface area contributed by atoms with Crippen LogP contribution in [-0.4, -0.2) is 6.61 Å². The summed E-state index contributed by atoms with van der Waals surface area (Å²) in [6.07, 6.45) is 2.16. The van der Waals surface area contributed by atoms with E-state index < -0.39 is 0 Å². The molecule has 1 aliphatic rings. The highest BCUT2D eigenvalue weighted by Gasteiger charge is 2.18. The normalized spacial score (nSPS) is 15.7. The molecule has 0 saturated carbocycles. The van der Waals surface area contributed by atoms with Gasteiger partial charge in [0, 0.05) is 0 Å². The summed E-state index contributed by atoms with van der Waals surface area (Å²) in [6, 6.07) is 8.25. The van der Waals surface area contributed by atoms with Crippen molar-refractivity contribution in [2.24, 2.45) is 5.73 Å². The Bertz CT molecular complexity index is 611. The molecule has 100 valence electrons. The molecular formula is C14H13Br2NOS. The largest absolute Gasteiger partial charge is 0.493 e. The lowest BCUT2D eigenvalue weighted by molar-refractivity contribution is 0.288. The molecule has 0 bridgehead atoms. The molecule has 1 aromatic carbocycles. The number of halogens is 2. The molecule has 0 spiro atoms. The zero-order chi connectivity index (χ0) is 13.4. The number of fused-ring (bicyclic) bond motifs is 1. The second-order valence-electron chi connectivity index (χ2n) is 4.58. The van der Waals surface area contributed by atoms with E-state index in [0.717, 1.165) is 43.9 Å². The van der Waals surface area contributed by atoms with Crippen molar-refractivity contribution in [1.29, 1.82) is 0 Å². The first-order chi connectivity index (χ1) is 9.15. The van der Waals surface area contributed by atoms with Crippen molar-refractivity contribution in [2.75, 3.05) is 6.61 Å². The minimum Gasteiger partial charge on any atom is -0.493 e. The van der Waals surface area contributed by atoms with Crippen molar-refractivity contribution in [3.63, 3.8) is 0 Å². The smallest absolute Gasteiger partial charge is 0.122 e. The molecule has 1 atom stereocenters. The molecular weight excluding hydrogens is 390 g/mol. The number of thiophene rings is 1. The zero-order valence-electron chi connectivity index (χ0n) is 10.2. The Morgan fingerprint density at radius 3 is 2.84 bits per heavy atom. The van der Waals surface area contributed by atoms with Crippen LogP contribution < -0.4 is 10.5 Å². The van der Waals surface area contributed by atoms with Gasteiger partial charge in [0.15, 0.2) is 0 Å². The summed E-state index contributed by atoms with van der Waals surface area (Å²) in [7, 11) is 0. The van der Waals surface area contributed by atoms with Crippen molar-refractivity contribution in [3.05, 3.63) is 48.5 Å². The van der Waals surface area contributed by atoms with E-state index >= 15 is 0 Å². The standard InChI is InChI=1S/C14H13Br2NOS/c15-12-7-10(14(16)19-12)13(17)9-3-4-11-8(6-9)2-1-5-18-11/h3-4,6-7,13H,1-2,5,17H2. The first-order valence-corrected chi connectivity index (χ1v) is 8.51. The summed E-state index contributed by atoms with van der Waals surface area (Å²) in [6.45, 7) is 0.821. The molecule has 1 aliphatic heterocycles. The number of benzene rings is 1. The molecule has 1 unspecified atom stereocenters. The van der Waals surface area contributed by atoms with Crippen LogP contribution in [0.2, 0.25) is 0 Å². The Kier molecular flexibility index (Phi) is 3.98. The van der Waals surface area contributed by atoms with E-state index in [0.29, 0.717) is 0 Å². The molecule has 19 heavy (non-hydrogen) atoms. The van der Waals surface area contributed by atoms with Crippen LogP contribution in [0.1, 0.15) is 29.2 Å². The Balaban J connectivity index is 1.95. The van der Waals surface area contributed by atoms with Gasteiger partial charge in [-0.3, -0.25) is 0 Å². The highest BCUT2D eigenvalue weighted by molar-refractivity contribution is 9.12. The second kappa shape index (κ2) is 5.56. The van der Waals surface area contributed by atoms with Crippen LogP contribution in [0.15, 0.2) is 31.8 Å². The van der Waals surface area contributed by atoms with Gasteiger partial charge < -0.3 is 10.5 Å². The van der Waals surface area contributed by atoms with E-state index in [1.54, 1.807) is 11.3 Å². The maximum Gasteiger partial charge on any atom is 0.122 e. The van der Waals surface area contributed by atoms with Crippen LogP contribution in [0.25, 0.3) is 0 Å². The van der Waals surface area contributed by atoms with Crippen LogP contribution >= 0.6 is 43.2 Å². The number of aryl methyl sites for hydroxylation is 1. The number of hydrogen-bond acceptors (Lipinski definition) is 3. The first-order valence-electron chi connectivity index (χ1n) is 6.11. The quantitative estimate of drug-likeness (QED) is 0.793. The highest BCUT2D eigenvalue weighted by Crippen LogP contribution is 2.38. The summed E-state index contributed by atoms with van der Waals surface area (Å²) in [4.78, 5) is 0. The van der Waals surface area contributed by atoms with Crippen molar-refractivity contribution in [2.45, 2.75) is 18.9 Å². The van der Waals surface area contributed by atoms with Crippen molar-refractivity contribution in [1.82, 2.24) is 0 Å². The van der Waals surface area contributed by atoms with Gasteiger partial charge in [-0.05, 0) is 73.5 Å². The summed E-state index contributed by atoms with van der Waals surface area (Å²) < 4.78 is 7.81. The molecule has 0 fully saturated rings. The lowest BCUT2D eigenvalue weighted by atomic mass is 9.97. The fraction of sp³-hybridized carbons (Fsp3) is 0.286. The summed E-state index contributed by atoms with van der Waals surface area (Å²) in [5.41, 5.74) is 9.90. The monoisotopic (exact) mass is 401 g/mol. The SMILES string of the molecule is NC(c1ccc2c(c1)CCCO2)c1cc(Br)sc1Br. The third kappa shape index (κ3) is 2.75. The summed E-state index contributed by atoms with van der Waals surface area (Å²) in [5.74, 6) is 1.01. The maximum absolute atomic E-state index is 6.38. The molecule has 2 heterocycles. The van der Waals surface area contributed by atoms with Gasteiger partial charge in [0.05, 0.1) is 20.2 Å². The second-order valence-corrected chi connectivity index (χ2v) is 8.33. The molecule has 2 nitrogen and oxygen atoms in total. The van der Waals surface area contributed by atoms with E-state index in [1.807, 2.05) is 6.07 Å². The van der Waals surface area contributed by atoms with E-state index in [4.69, 9.17) is 10.5 Å². The minimum absolute atomic E-state index is 0.107. The average Bonchev–Trinajstić information content (AvgIpc) is 2.76. The third-order valence-electron chi connectivity index (χ3n) is 3.31. The van der Waals surface area contributed by atoms with E-state index in [-0.39, 0.29) is 6.04 Å². The van der Waals surface area contributed by atoms with Crippen molar-refractivity contribution >= 4 is 43.2 Å². The Morgan fingerprint density at radius 2 is 2.11 bits per heavy atom. The van der Waals surface area contributed by atoms with E-state index in [1.165, 1.54) is 5.56 Å². The van der Waals surface area contributed by atoms with Crippen LogP contribution in [0.3, 0.4) is 0 Å². The number of hydrogen-bond donors (Lipinski definition) is 1. The molecule has 2 aromatic rings. The Hall–Kier alpha value is -0.360. The van der Waals surface area contributed by atoms with Gasteiger partial charge in [-0.15, -0.1) is 11.3 Å². The zero-order valence-corrected chi connectivity index (χ0v) is 14.1. The molecule has 1 aromatic heterocycles. The number of rotatable bonds is 2. The van der Waals surface area contributed by atoms with Crippen LogP contribution in [0.4, 0.5) is 0 Å². The van der Waals surface area contributed by atoms with E-state index in [9.17, 15) is 0 Å². The van der Waals surface area contributed by atoms with Crippen LogP contribution in [-0.2, 0) is 6.42 Å². The molecule has 0 amide bonds. The fourth-order valence-corrected chi connectivity index (χ4v) is 5.25. The Morgan fingerprint density at radius 1 is 1.26 bits per heavy atom. The summed E-state index contributed by atoms with van der Waals surface area (Å²) in [5, 5.41) is 0. The molecule has 0 aliphatic carbocycles. The minimum atomic E-state index is -0.107. The highest BCUT2D eigenvalue weighted by atomic mass is 79.9. The molecule has 0 radical (unpaired) electrons. The van der Waals surface area contributed by atoms with Gasteiger partial charge >= 0.3 is 0 Å². The number of ether oxygens (including phenoxy) is 1. The van der Waals surface area contributed by atoms with Gasteiger partial charge in [0.2, 0.25) is 0 Å². The molecule has 2 N–H and O–H groups in total. The van der Waals surface area contributed by atoms with Crippen molar-refractivity contribution < 1.29 is 4.74 Å². The lowest BCUT2D eigenvalue weighted by Crippen LogP contribution is -2.14. The topological polar surface area (TPSA) is 35.2 Å². The van der Waals surface area contributed by atoms with Gasteiger partial charge in [0.25, 0.3) is 0 Å². The maximum atomic E-state index is 6.38. The van der Waals surface area contributed by atoms with Gasteiger partial charge in [-0.2, -0.15) is 0 Å². The number of nitrogens with two attached hydrogens (primary N) is 1. The third-order valence-corrected chi connectivity index (χ3v) is 5.70. The van der Waals surface area contributed by atoms with Crippen LogP contribution in [0.5, 0.6) is 5.75 Å². The van der Waals surface area contributed by atoms with Gasteiger partial charge in [-0.25, -0.2) is 0 Å². The van der Waals surface area contributed by atoms with E-state index in [2.05, 4.69) is 50.1 Å². The molecule has 0 saturated heterocycles. The predicted molar refractivity (Wildman–Crippen MR) is 86.0 cm³/mol. The fourth-order valence-electron chi connectivity index (χ4n) is 2.32. The predicted octanol–water partition coefficient (Wildman–Crippen LogP) is 4.65. The molecule has 3 rings (SSSR count). The first kappa shape index (κ1) is 13.6. The Labute approximate surface area is 133 Å². The molecule has 5 heteroatoms. The van der Waals surface area contributed by atoms with Crippen LogP contribution in [0, 0.1) is 0 Å². The van der Waals surface area contributed by atoms with Gasteiger partial charge in [0.1, 0.15) is 5.75 Å². The van der Waals surface area contributed by atoms with Crippen molar-refractivity contribution in [3.8, 4) is 5.75 Å². The summed E-state index contributed by atoms with van der Waals surface area (Å²) >= 11 is 8.72. The lowest BCUT2D eigenvalue weighted by Gasteiger charge is -2.20.